The maximum absolute atomic E-state index is 14.7. The average molecular weight is 809 g/mol. The summed E-state index contributed by atoms with van der Waals surface area (Å²) in [5.41, 5.74) is 4.63. The number of aliphatic hydroxyl groups excluding tert-OH is 4. The van der Waals surface area contributed by atoms with E-state index < -0.39 is 66.1 Å². The lowest BCUT2D eigenvalue weighted by Gasteiger charge is -2.50. The van der Waals surface area contributed by atoms with E-state index in [9.17, 15) is 45.3 Å². The van der Waals surface area contributed by atoms with E-state index in [4.69, 9.17) is 9.47 Å². The van der Waals surface area contributed by atoms with Crippen LogP contribution in [0, 0.1) is 5.92 Å². The highest BCUT2D eigenvalue weighted by atomic mass is 16.7. The predicted molar refractivity (Wildman–Crippen MR) is 216 cm³/mol. The maximum atomic E-state index is 14.7. The SMILES string of the molecule is O=C(O)[C@H]1[C@@H](C[C@]23CCCC[C@H]2CNc2ccccc23)c2cc(O)c3c(c2N1C(=O)/C=C/c1ccc(O)c(CC2=NCN=C2)c1)CC[C@@]1(O3)O[C@H](CO)[C@@H](O)[C@H](O)[C@H]1O. The number of nitrogens with one attached hydrogen (secondary N) is 1. The molecule has 15 heteroatoms. The predicted octanol–water partition coefficient (Wildman–Crippen LogP) is 3.16. The topological polar surface area (TPSA) is 234 Å². The van der Waals surface area contributed by atoms with Gasteiger partial charge in [-0.05, 0) is 78.6 Å². The number of carbonyl (C=O) groups excluding carboxylic acids is 1. The smallest absolute Gasteiger partial charge is 0.327 e. The molecule has 0 unspecified atom stereocenters. The van der Waals surface area contributed by atoms with Crippen LogP contribution in [0.15, 0.2) is 64.6 Å². The molecule has 2 fully saturated rings. The number of ether oxygens (including phenoxy) is 2. The number of hydrogen-bond acceptors (Lipinski definition) is 13. The second-order valence-corrected chi connectivity index (χ2v) is 16.6. The van der Waals surface area contributed by atoms with Crippen LogP contribution < -0.4 is 15.0 Å². The normalized spacial score (nSPS) is 31.8. The van der Waals surface area contributed by atoms with Crippen molar-refractivity contribution < 1.29 is 54.8 Å². The molecule has 5 aliphatic heterocycles. The summed E-state index contributed by atoms with van der Waals surface area (Å²) in [5, 5.41) is 79.6. The number of anilines is 2. The first kappa shape index (κ1) is 39.2. The van der Waals surface area contributed by atoms with Gasteiger partial charge in [-0.2, -0.15) is 0 Å². The maximum Gasteiger partial charge on any atom is 0.327 e. The van der Waals surface area contributed by atoms with Crippen LogP contribution in [-0.4, -0.2) is 116 Å². The van der Waals surface area contributed by atoms with Gasteiger partial charge in [0.2, 0.25) is 5.79 Å². The van der Waals surface area contributed by atoms with Crippen molar-refractivity contribution in [3.8, 4) is 17.2 Å². The number of aromatic hydroxyl groups is 2. The Morgan fingerprint density at radius 3 is 2.63 bits per heavy atom. The van der Waals surface area contributed by atoms with E-state index in [0.717, 1.165) is 43.5 Å². The van der Waals surface area contributed by atoms with E-state index in [1.165, 1.54) is 23.1 Å². The molecule has 59 heavy (non-hydrogen) atoms. The summed E-state index contributed by atoms with van der Waals surface area (Å²) in [6.07, 6.45) is 2.40. The number of aliphatic imine (C=N–C) groups is 2. The summed E-state index contributed by atoms with van der Waals surface area (Å²) in [6, 6.07) is 13.1. The first-order valence-corrected chi connectivity index (χ1v) is 20.3. The lowest BCUT2D eigenvalue weighted by Crippen LogP contribution is -2.68. The molecule has 1 amide bonds. The highest BCUT2D eigenvalue weighted by Gasteiger charge is 2.59. The summed E-state index contributed by atoms with van der Waals surface area (Å²) in [4.78, 5) is 38.2. The zero-order valence-corrected chi connectivity index (χ0v) is 32.3. The molecule has 1 saturated heterocycles. The van der Waals surface area contributed by atoms with E-state index >= 15 is 0 Å². The third kappa shape index (κ3) is 6.46. The molecule has 0 bridgehead atoms. The number of carboxylic acid groups (broad SMARTS) is 1. The van der Waals surface area contributed by atoms with Crippen LogP contribution in [0.25, 0.3) is 6.08 Å². The number of aliphatic carboxylic acids is 1. The number of para-hydroxylation sites is 1. The molecule has 3 aromatic rings. The third-order valence-electron chi connectivity index (χ3n) is 13.5. The molecule has 1 saturated carbocycles. The number of benzene rings is 3. The Hall–Kier alpha value is -5.32. The van der Waals surface area contributed by atoms with Crippen molar-refractivity contribution in [2.24, 2.45) is 15.9 Å². The van der Waals surface area contributed by atoms with Gasteiger partial charge in [0.05, 0.1) is 18.0 Å². The van der Waals surface area contributed by atoms with Crippen LogP contribution in [0.3, 0.4) is 0 Å². The van der Waals surface area contributed by atoms with Crippen molar-refractivity contribution in [2.75, 3.05) is 30.0 Å². The standard InChI is InChI=1S/C44H48N4O11/c49-21-34-38(53)39(54)41(55)44(58-34)14-12-27-36-28(17-33(51)40(27)59-44)29(18-43-13-4-3-5-25(43)19-46-31-7-2-1-6-30(31)43)37(42(56)57)48(36)35(52)11-9-23-8-10-32(50)24(15-23)16-26-20-45-22-47-26/h1-2,6-11,15,17,20,25,29,34,37-39,41,46,49-51,53-55H,3-5,12-14,16,18-19,21-22H2,(H,56,57)/b11-9+/t25-,29-,34+,37+,38+,39-,41+,43+,44-/m0/s1. The zero-order valence-electron chi connectivity index (χ0n) is 32.3. The number of fused-ring (bicyclic) bond motifs is 6. The minimum absolute atomic E-state index is 0.00563. The number of aliphatic hydroxyl groups is 4. The van der Waals surface area contributed by atoms with Crippen LogP contribution in [0.4, 0.5) is 11.4 Å². The van der Waals surface area contributed by atoms with Crippen LogP contribution in [0.2, 0.25) is 0 Å². The average Bonchev–Trinajstić information content (AvgIpc) is 3.87. The van der Waals surface area contributed by atoms with Crippen molar-refractivity contribution in [3.05, 3.63) is 82.4 Å². The molecular weight excluding hydrogens is 761 g/mol. The lowest BCUT2D eigenvalue weighted by atomic mass is 9.56. The van der Waals surface area contributed by atoms with Crippen molar-refractivity contribution in [1.82, 2.24) is 0 Å². The molecule has 15 nitrogen and oxygen atoms in total. The van der Waals surface area contributed by atoms with Gasteiger partial charge in [0.25, 0.3) is 5.91 Å². The van der Waals surface area contributed by atoms with Crippen molar-refractivity contribution >= 4 is 41.3 Å². The molecule has 1 spiro atoms. The first-order chi connectivity index (χ1) is 28.4. The summed E-state index contributed by atoms with van der Waals surface area (Å²) in [7, 11) is 0. The summed E-state index contributed by atoms with van der Waals surface area (Å²) >= 11 is 0. The van der Waals surface area contributed by atoms with E-state index in [1.807, 2.05) is 18.2 Å². The number of carbonyl (C=O) groups is 2. The lowest BCUT2D eigenvalue weighted by molar-refractivity contribution is -0.342. The van der Waals surface area contributed by atoms with Gasteiger partial charge in [-0.15, -0.1) is 0 Å². The largest absolute Gasteiger partial charge is 0.508 e. The fourth-order valence-electron chi connectivity index (χ4n) is 10.6. The molecule has 3 aromatic carbocycles. The van der Waals surface area contributed by atoms with E-state index in [0.29, 0.717) is 47.5 Å². The monoisotopic (exact) mass is 808 g/mol. The molecule has 0 aromatic heterocycles. The van der Waals surface area contributed by atoms with Crippen molar-refractivity contribution in [1.29, 1.82) is 0 Å². The number of carboxylic acids is 1. The molecule has 9 atom stereocenters. The Balaban J connectivity index is 1.15. The summed E-state index contributed by atoms with van der Waals surface area (Å²) < 4.78 is 12.2. The zero-order chi connectivity index (χ0) is 41.2. The van der Waals surface area contributed by atoms with Gasteiger partial charge in [0.15, 0.2) is 11.5 Å². The number of phenolic OH excluding ortho intramolecular Hbond substituents is 2. The van der Waals surface area contributed by atoms with E-state index in [1.54, 1.807) is 24.4 Å². The Kier molecular flexibility index (Phi) is 9.99. The molecule has 5 heterocycles. The highest BCUT2D eigenvalue weighted by molar-refractivity contribution is 6.32. The van der Waals surface area contributed by atoms with Crippen LogP contribution in [0.5, 0.6) is 17.2 Å². The Bertz CT molecular complexity index is 2280. The summed E-state index contributed by atoms with van der Waals surface area (Å²) in [6.45, 7) is 0.355. The van der Waals surface area contributed by atoms with Gasteiger partial charge in [-0.25, -0.2) is 4.79 Å². The number of phenols is 2. The second kappa shape index (κ2) is 15.1. The Labute approximate surface area is 340 Å². The summed E-state index contributed by atoms with van der Waals surface area (Å²) in [5.74, 6) is -4.88. The molecule has 0 radical (unpaired) electrons. The van der Waals surface area contributed by atoms with Crippen molar-refractivity contribution in [2.45, 2.75) is 98.9 Å². The van der Waals surface area contributed by atoms with Gasteiger partial charge >= 0.3 is 5.97 Å². The number of rotatable bonds is 8. The Morgan fingerprint density at radius 2 is 1.85 bits per heavy atom. The Morgan fingerprint density at radius 1 is 1.02 bits per heavy atom. The van der Waals surface area contributed by atoms with Gasteiger partial charge in [0, 0.05) is 59.8 Å². The van der Waals surface area contributed by atoms with Gasteiger partial charge in [-0.1, -0.05) is 37.1 Å². The number of nitrogens with zero attached hydrogens (tertiary/aromatic N) is 3. The van der Waals surface area contributed by atoms with Crippen LogP contribution in [0.1, 0.15) is 72.3 Å². The third-order valence-corrected chi connectivity index (χ3v) is 13.5. The molecule has 1 aliphatic carbocycles. The fourth-order valence-corrected chi connectivity index (χ4v) is 10.6. The molecule has 6 aliphatic rings. The molecule has 8 N–H and O–H groups in total. The highest BCUT2D eigenvalue weighted by Crippen LogP contribution is 2.60. The minimum atomic E-state index is -1.98. The number of hydrogen-bond donors (Lipinski definition) is 8. The fraction of sp³-hybridized carbons (Fsp3) is 0.455. The molecular formula is C44H48N4O11. The molecule has 9 rings (SSSR count). The van der Waals surface area contributed by atoms with Gasteiger partial charge in [0.1, 0.15) is 42.9 Å². The molecule has 310 valence electrons. The van der Waals surface area contributed by atoms with Crippen LogP contribution in [-0.2, 0) is 32.6 Å². The number of amides is 1. The van der Waals surface area contributed by atoms with E-state index in [2.05, 4.69) is 21.4 Å². The van der Waals surface area contributed by atoms with Gasteiger partial charge < -0.3 is 50.5 Å². The second-order valence-electron chi connectivity index (χ2n) is 16.6. The first-order valence-electron chi connectivity index (χ1n) is 20.3. The van der Waals surface area contributed by atoms with E-state index in [-0.39, 0.29) is 41.7 Å². The minimum Gasteiger partial charge on any atom is -0.508 e. The van der Waals surface area contributed by atoms with Crippen molar-refractivity contribution in [3.63, 3.8) is 0 Å². The quantitative estimate of drug-likeness (QED) is 0.153. The van der Waals surface area contributed by atoms with Gasteiger partial charge in [-0.3, -0.25) is 19.7 Å². The van der Waals surface area contributed by atoms with Crippen LogP contribution >= 0.6 is 0 Å².